The van der Waals surface area contributed by atoms with Crippen molar-refractivity contribution in [2.45, 2.75) is 0 Å². The topological polar surface area (TPSA) is 77.0 Å². The van der Waals surface area contributed by atoms with Crippen molar-refractivity contribution in [3.63, 3.8) is 0 Å². The second kappa shape index (κ2) is 4.15. The number of nitrogen functional groups attached to an aromatic ring is 1. The number of hydrogen-bond acceptors (Lipinski definition) is 5. The van der Waals surface area contributed by atoms with Crippen molar-refractivity contribution in [1.29, 1.82) is 0 Å². The van der Waals surface area contributed by atoms with Gasteiger partial charge >= 0.3 is 12.0 Å². The summed E-state index contributed by atoms with van der Waals surface area (Å²) in [6, 6.07) is 2.13. The largest absolute Gasteiger partial charge is 0.389 e. The van der Waals surface area contributed by atoms with Crippen LogP contribution in [-0.4, -0.2) is 10.2 Å². The van der Waals surface area contributed by atoms with Crippen LogP contribution in [0, 0.1) is 5.82 Å². The molecule has 0 spiro atoms. The van der Waals surface area contributed by atoms with E-state index in [0.29, 0.717) is 0 Å². The first-order valence-corrected chi connectivity index (χ1v) is 4.82. The molecule has 3 N–H and O–H groups in total. The number of anilines is 3. The van der Waals surface area contributed by atoms with Crippen LogP contribution in [0.3, 0.4) is 0 Å². The van der Waals surface area contributed by atoms with Gasteiger partial charge in [0.15, 0.2) is 0 Å². The van der Waals surface area contributed by atoms with E-state index in [-0.39, 0.29) is 27.8 Å². The molecule has 0 fully saturated rings. The molecule has 84 valence electrons. The summed E-state index contributed by atoms with van der Waals surface area (Å²) in [4.78, 5) is 0. The first kappa shape index (κ1) is 11.0. The van der Waals surface area contributed by atoms with Gasteiger partial charge in [-0.05, 0) is 12.1 Å². The Morgan fingerprint density at radius 1 is 1.25 bits per heavy atom. The Hall–Kier alpha value is -1.53. The van der Waals surface area contributed by atoms with Gasteiger partial charge in [-0.2, -0.15) is 0 Å². The van der Waals surface area contributed by atoms with Crippen LogP contribution in [-0.2, 0) is 0 Å². The van der Waals surface area contributed by atoms with Gasteiger partial charge in [0, 0.05) is 0 Å². The number of nitrogens with one attached hydrogen (secondary N) is 1. The lowest BCUT2D eigenvalue weighted by Crippen LogP contribution is -1.93. The summed E-state index contributed by atoms with van der Waals surface area (Å²) in [5.74, 6) is -0.536. The van der Waals surface area contributed by atoms with E-state index in [0.717, 1.165) is 12.1 Å². The van der Waals surface area contributed by atoms with E-state index in [1.165, 1.54) is 0 Å². The maximum atomic E-state index is 12.9. The molecule has 0 aliphatic carbocycles. The lowest BCUT2D eigenvalue weighted by molar-refractivity contribution is 0.593. The highest BCUT2D eigenvalue weighted by Crippen LogP contribution is 2.33. The highest BCUT2D eigenvalue weighted by molar-refractivity contribution is 6.39. The first-order valence-electron chi connectivity index (χ1n) is 4.07. The predicted molar refractivity (Wildman–Crippen MR) is 58.4 cm³/mol. The maximum Gasteiger partial charge on any atom is 0.321 e. The van der Waals surface area contributed by atoms with Crippen LogP contribution in [0.25, 0.3) is 0 Å². The summed E-state index contributed by atoms with van der Waals surface area (Å²) in [6.07, 6.45) is 0. The standard InChI is InChI=1S/C8H5Cl2FN4O/c9-4-1-3(11)2-5(10)6(4)13-8-15-14-7(12)16-8/h1-2H,(H2,12,14)(H,13,15). The molecule has 2 rings (SSSR count). The number of halogens is 3. The number of aromatic nitrogens is 2. The Balaban J connectivity index is 2.34. The monoisotopic (exact) mass is 262 g/mol. The molecule has 2 aromatic rings. The molecule has 16 heavy (non-hydrogen) atoms. The van der Waals surface area contributed by atoms with Crippen LogP contribution in [0.1, 0.15) is 0 Å². The number of rotatable bonds is 2. The third-order valence-corrected chi connectivity index (χ3v) is 2.28. The number of hydrogen-bond donors (Lipinski definition) is 2. The summed E-state index contributed by atoms with van der Waals surface area (Å²) in [5, 5.41) is 9.82. The summed E-state index contributed by atoms with van der Waals surface area (Å²) >= 11 is 11.6. The molecule has 0 aliphatic rings. The lowest BCUT2D eigenvalue weighted by atomic mass is 10.3. The molecule has 1 aromatic carbocycles. The van der Waals surface area contributed by atoms with Gasteiger partial charge in [0.2, 0.25) is 0 Å². The van der Waals surface area contributed by atoms with Gasteiger partial charge in [-0.3, -0.25) is 0 Å². The molecule has 0 aliphatic heterocycles. The average Bonchev–Trinajstić information content (AvgIpc) is 2.58. The minimum absolute atomic E-state index is 0.0212. The van der Waals surface area contributed by atoms with Crippen LogP contribution in [0.2, 0.25) is 10.0 Å². The predicted octanol–water partition coefficient (Wildman–Crippen LogP) is 2.84. The van der Waals surface area contributed by atoms with Crippen molar-refractivity contribution < 1.29 is 8.81 Å². The molecule has 0 saturated heterocycles. The molecule has 8 heteroatoms. The van der Waals surface area contributed by atoms with E-state index in [2.05, 4.69) is 15.5 Å². The van der Waals surface area contributed by atoms with Crippen molar-refractivity contribution in [3.05, 3.63) is 28.0 Å². The maximum absolute atomic E-state index is 12.9. The molecule has 0 unspecified atom stereocenters. The van der Waals surface area contributed by atoms with Gasteiger partial charge in [0.05, 0.1) is 15.7 Å². The van der Waals surface area contributed by atoms with Crippen molar-refractivity contribution >= 4 is 40.9 Å². The van der Waals surface area contributed by atoms with Gasteiger partial charge in [-0.1, -0.05) is 33.4 Å². The SMILES string of the molecule is Nc1nnc(Nc2c(Cl)cc(F)cc2Cl)o1. The Bertz CT molecular complexity index is 508. The fourth-order valence-corrected chi connectivity index (χ4v) is 1.61. The summed E-state index contributed by atoms with van der Waals surface area (Å²) in [7, 11) is 0. The Morgan fingerprint density at radius 3 is 2.38 bits per heavy atom. The van der Waals surface area contributed by atoms with Crippen LogP contribution >= 0.6 is 23.2 Å². The zero-order chi connectivity index (χ0) is 11.7. The Morgan fingerprint density at radius 2 is 1.88 bits per heavy atom. The molecule has 0 radical (unpaired) electrons. The van der Waals surface area contributed by atoms with E-state index < -0.39 is 5.82 Å². The highest BCUT2D eigenvalue weighted by Gasteiger charge is 2.11. The van der Waals surface area contributed by atoms with Gasteiger partial charge in [-0.15, -0.1) is 0 Å². The lowest BCUT2D eigenvalue weighted by Gasteiger charge is -2.06. The molecule has 1 heterocycles. The molecule has 5 nitrogen and oxygen atoms in total. The quantitative estimate of drug-likeness (QED) is 0.871. The third-order valence-electron chi connectivity index (χ3n) is 1.68. The number of nitrogens with two attached hydrogens (primary N) is 1. The van der Waals surface area contributed by atoms with E-state index in [9.17, 15) is 4.39 Å². The molecular formula is C8H5Cl2FN4O. The summed E-state index contributed by atoms with van der Waals surface area (Å²) in [5.41, 5.74) is 5.50. The zero-order valence-corrected chi connectivity index (χ0v) is 9.18. The molecule has 0 atom stereocenters. The number of benzene rings is 1. The Kier molecular flexibility index (Phi) is 2.84. The van der Waals surface area contributed by atoms with Crippen molar-refractivity contribution in [2.24, 2.45) is 0 Å². The van der Waals surface area contributed by atoms with Crippen LogP contribution in [0.4, 0.5) is 22.1 Å². The van der Waals surface area contributed by atoms with E-state index in [1.807, 2.05) is 0 Å². The highest BCUT2D eigenvalue weighted by atomic mass is 35.5. The van der Waals surface area contributed by atoms with E-state index >= 15 is 0 Å². The van der Waals surface area contributed by atoms with Gasteiger partial charge in [0.25, 0.3) is 0 Å². The van der Waals surface area contributed by atoms with E-state index in [1.54, 1.807) is 0 Å². The molecule has 0 bridgehead atoms. The fourth-order valence-electron chi connectivity index (χ4n) is 1.05. The minimum atomic E-state index is -0.536. The van der Waals surface area contributed by atoms with Gasteiger partial charge < -0.3 is 15.5 Å². The second-order valence-electron chi connectivity index (χ2n) is 2.81. The summed E-state index contributed by atoms with van der Waals surface area (Å²) < 4.78 is 17.7. The van der Waals surface area contributed by atoms with Gasteiger partial charge in [-0.25, -0.2) is 4.39 Å². The van der Waals surface area contributed by atoms with Crippen molar-refractivity contribution in [2.75, 3.05) is 11.1 Å². The van der Waals surface area contributed by atoms with Gasteiger partial charge in [0.1, 0.15) is 5.82 Å². The zero-order valence-electron chi connectivity index (χ0n) is 7.67. The first-order chi connectivity index (χ1) is 7.56. The number of nitrogens with zero attached hydrogens (tertiary/aromatic N) is 2. The molecule has 0 amide bonds. The van der Waals surface area contributed by atoms with Crippen LogP contribution in [0.5, 0.6) is 0 Å². The average molecular weight is 263 g/mol. The van der Waals surface area contributed by atoms with E-state index in [4.69, 9.17) is 33.4 Å². The Labute approximate surface area is 99.4 Å². The summed E-state index contributed by atoms with van der Waals surface area (Å²) in [6.45, 7) is 0. The van der Waals surface area contributed by atoms with Crippen molar-refractivity contribution in [3.8, 4) is 0 Å². The minimum Gasteiger partial charge on any atom is -0.389 e. The van der Waals surface area contributed by atoms with Crippen LogP contribution < -0.4 is 11.1 Å². The normalized spacial score (nSPS) is 10.4. The second-order valence-corrected chi connectivity index (χ2v) is 3.63. The molecule has 0 saturated carbocycles. The smallest absolute Gasteiger partial charge is 0.321 e. The van der Waals surface area contributed by atoms with Crippen LogP contribution in [0.15, 0.2) is 16.5 Å². The fraction of sp³-hybridized carbons (Fsp3) is 0. The van der Waals surface area contributed by atoms with Crippen molar-refractivity contribution in [1.82, 2.24) is 10.2 Å². The molecule has 1 aromatic heterocycles. The molecular weight excluding hydrogens is 258 g/mol. The third kappa shape index (κ3) is 2.17.